The number of amidine groups is 1. The van der Waals surface area contributed by atoms with Crippen LogP contribution in [0, 0.1) is 5.82 Å². The number of nitrogens with two attached hydrogens (primary N) is 1. The summed E-state index contributed by atoms with van der Waals surface area (Å²) in [4.78, 5) is 3.73. The molecular weight excluding hydrogens is 249 g/mol. The zero-order chi connectivity index (χ0) is 13.7. The largest absolute Gasteiger partial charge is 0.489 e. The molecule has 1 aromatic carbocycles. The lowest BCUT2D eigenvalue weighted by Crippen LogP contribution is -2.12. The Labute approximate surface area is 109 Å². The van der Waals surface area contributed by atoms with Crippen molar-refractivity contribution in [2.75, 3.05) is 0 Å². The van der Waals surface area contributed by atoms with E-state index in [1.54, 1.807) is 24.3 Å². The molecule has 0 unspecified atom stereocenters. The van der Waals surface area contributed by atoms with Gasteiger partial charge < -0.3 is 15.7 Å². The Morgan fingerprint density at radius 3 is 2.68 bits per heavy atom. The van der Waals surface area contributed by atoms with E-state index in [1.807, 2.05) is 0 Å². The number of halogens is 1. The van der Waals surface area contributed by atoms with E-state index < -0.39 is 5.82 Å². The van der Waals surface area contributed by atoms with Gasteiger partial charge in [-0.15, -0.1) is 0 Å². The van der Waals surface area contributed by atoms with Crippen molar-refractivity contribution in [1.29, 1.82) is 0 Å². The molecule has 1 aromatic heterocycles. The Hall–Kier alpha value is -2.63. The van der Waals surface area contributed by atoms with E-state index in [0.717, 1.165) is 6.20 Å². The monoisotopic (exact) mass is 261 g/mol. The van der Waals surface area contributed by atoms with Crippen LogP contribution >= 0.6 is 0 Å². The van der Waals surface area contributed by atoms with Gasteiger partial charge in [-0.25, -0.2) is 4.39 Å². The molecule has 0 aliphatic heterocycles. The van der Waals surface area contributed by atoms with Crippen LogP contribution in [0.3, 0.4) is 0 Å². The van der Waals surface area contributed by atoms with Crippen LogP contribution in [-0.4, -0.2) is 16.0 Å². The molecule has 19 heavy (non-hydrogen) atoms. The van der Waals surface area contributed by atoms with Crippen molar-refractivity contribution in [2.24, 2.45) is 10.9 Å². The molecule has 1 heterocycles. The molecule has 0 bridgehead atoms. The average molecular weight is 261 g/mol. The molecule has 0 radical (unpaired) electrons. The zero-order valence-corrected chi connectivity index (χ0v) is 9.95. The van der Waals surface area contributed by atoms with Gasteiger partial charge in [-0.3, -0.25) is 4.98 Å². The molecular formula is C13H12FN3O2. The first kappa shape index (κ1) is 12.8. The maximum absolute atomic E-state index is 12.9. The van der Waals surface area contributed by atoms with Gasteiger partial charge in [0, 0.05) is 17.3 Å². The van der Waals surface area contributed by atoms with Gasteiger partial charge in [-0.1, -0.05) is 5.16 Å². The summed E-state index contributed by atoms with van der Waals surface area (Å²) in [5.74, 6) is 0.225. The summed E-state index contributed by atoms with van der Waals surface area (Å²) in [7, 11) is 0. The van der Waals surface area contributed by atoms with Gasteiger partial charge in [0.2, 0.25) is 0 Å². The molecule has 5 nitrogen and oxygen atoms in total. The van der Waals surface area contributed by atoms with Crippen molar-refractivity contribution in [1.82, 2.24) is 4.98 Å². The third kappa shape index (κ3) is 3.41. The summed E-state index contributed by atoms with van der Waals surface area (Å²) < 4.78 is 18.4. The lowest BCUT2D eigenvalue weighted by atomic mass is 10.2. The second-order valence-electron chi connectivity index (χ2n) is 3.81. The SMILES string of the molecule is N/C(=N/O)c1ccc(OCc2cncc(F)c2)cc1. The minimum absolute atomic E-state index is 0.0286. The summed E-state index contributed by atoms with van der Waals surface area (Å²) in [5, 5.41) is 11.4. The predicted octanol–water partition coefficient (Wildman–Crippen LogP) is 1.89. The van der Waals surface area contributed by atoms with Gasteiger partial charge in [0.15, 0.2) is 5.84 Å². The third-order valence-electron chi connectivity index (χ3n) is 2.42. The Kier molecular flexibility index (Phi) is 3.92. The average Bonchev–Trinajstić information content (AvgIpc) is 2.45. The van der Waals surface area contributed by atoms with Crippen LogP contribution in [0.2, 0.25) is 0 Å². The van der Waals surface area contributed by atoms with Crippen LogP contribution in [-0.2, 0) is 6.61 Å². The number of aromatic nitrogens is 1. The highest BCUT2D eigenvalue weighted by Gasteiger charge is 2.01. The Morgan fingerprint density at radius 2 is 2.05 bits per heavy atom. The standard InChI is InChI=1S/C13H12FN3O2/c14-11-5-9(6-16-7-11)8-19-12-3-1-10(2-4-12)13(15)17-18/h1-7,18H,8H2,(H2,15,17). The molecule has 0 amide bonds. The molecule has 0 aliphatic rings. The molecule has 0 saturated heterocycles. The van der Waals surface area contributed by atoms with E-state index in [4.69, 9.17) is 15.7 Å². The first-order chi connectivity index (χ1) is 9.19. The van der Waals surface area contributed by atoms with Crippen molar-refractivity contribution in [3.63, 3.8) is 0 Å². The second-order valence-corrected chi connectivity index (χ2v) is 3.81. The fourth-order valence-corrected chi connectivity index (χ4v) is 1.48. The summed E-state index contributed by atoms with van der Waals surface area (Å²) in [5.41, 5.74) is 6.66. The van der Waals surface area contributed by atoms with Gasteiger partial charge in [0.25, 0.3) is 0 Å². The van der Waals surface area contributed by atoms with Crippen molar-refractivity contribution in [3.8, 4) is 5.75 Å². The molecule has 3 N–H and O–H groups in total. The topological polar surface area (TPSA) is 80.7 Å². The van der Waals surface area contributed by atoms with Crippen LogP contribution in [0.1, 0.15) is 11.1 Å². The second kappa shape index (κ2) is 5.81. The van der Waals surface area contributed by atoms with Crippen molar-refractivity contribution < 1.29 is 14.3 Å². The van der Waals surface area contributed by atoms with Crippen LogP contribution < -0.4 is 10.5 Å². The van der Waals surface area contributed by atoms with E-state index in [-0.39, 0.29) is 12.4 Å². The fraction of sp³-hybridized carbons (Fsp3) is 0.0769. The van der Waals surface area contributed by atoms with Gasteiger partial charge >= 0.3 is 0 Å². The van der Waals surface area contributed by atoms with Crippen molar-refractivity contribution >= 4 is 5.84 Å². The molecule has 0 aliphatic carbocycles. The maximum atomic E-state index is 12.9. The molecule has 0 fully saturated rings. The smallest absolute Gasteiger partial charge is 0.170 e. The molecule has 6 heteroatoms. The van der Waals surface area contributed by atoms with Gasteiger partial charge in [0.05, 0.1) is 6.20 Å². The number of nitrogens with zero attached hydrogens (tertiary/aromatic N) is 2. The number of ether oxygens (including phenoxy) is 1. The number of oxime groups is 1. The number of benzene rings is 1. The van der Waals surface area contributed by atoms with E-state index in [0.29, 0.717) is 16.9 Å². The lowest BCUT2D eigenvalue weighted by molar-refractivity contribution is 0.305. The molecule has 2 rings (SSSR count). The van der Waals surface area contributed by atoms with E-state index >= 15 is 0 Å². The molecule has 98 valence electrons. The minimum atomic E-state index is -0.400. The lowest BCUT2D eigenvalue weighted by Gasteiger charge is -2.06. The van der Waals surface area contributed by atoms with Gasteiger partial charge in [-0.2, -0.15) is 0 Å². The molecule has 0 atom stereocenters. The number of hydrogen-bond donors (Lipinski definition) is 2. The number of hydrogen-bond acceptors (Lipinski definition) is 4. The van der Waals surface area contributed by atoms with Gasteiger partial charge in [-0.05, 0) is 30.3 Å². The highest BCUT2D eigenvalue weighted by atomic mass is 19.1. The van der Waals surface area contributed by atoms with E-state index in [9.17, 15) is 4.39 Å². The van der Waals surface area contributed by atoms with Crippen LogP contribution in [0.15, 0.2) is 47.9 Å². The van der Waals surface area contributed by atoms with Crippen LogP contribution in [0.25, 0.3) is 0 Å². The number of rotatable bonds is 4. The minimum Gasteiger partial charge on any atom is -0.489 e. The predicted molar refractivity (Wildman–Crippen MR) is 67.5 cm³/mol. The van der Waals surface area contributed by atoms with Crippen molar-refractivity contribution in [3.05, 3.63) is 59.7 Å². The quantitative estimate of drug-likeness (QED) is 0.381. The van der Waals surface area contributed by atoms with E-state index in [2.05, 4.69) is 10.1 Å². The highest BCUT2D eigenvalue weighted by molar-refractivity contribution is 5.97. The fourth-order valence-electron chi connectivity index (χ4n) is 1.48. The van der Waals surface area contributed by atoms with Gasteiger partial charge in [0.1, 0.15) is 18.2 Å². The Bertz CT molecular complexity index is 585. The Morgan fingerprint density at radius 1 is 1.32 bits per heavy atom. The normalized spacial score (nSPS) is 11.3. The van der Waals surface area contributed by atoms with Crippen molar-refractivity contribution in [2.45, 2.75) is 6.61 Å². The highest BCUT2D eigenvalue weighted by Crippen LogP contribution is 2.14. The van der Waals surface area contributed by atoms with Crippen LogP contribution in [0.5, 0.6) is 5.75 Å². The number of pyridine rings is 1. The summed E-state index contributed by atoms with van der Waals surface area (Å²) in [6.45, 7) is 0.216. The third-order valence-corrected chi connectivity index (χ3v) is 2.42. The molecule has 0 spiro atoms. The summed E-state index contributed by atoms with van der Waals surface area (Å²) >= 11 is 0. The first-order valence-corrected chi connectivity index (χ1v) is 5.49. The zero-order valence-electron chi connectivity index (χ0n) is 9.95. The summed E-state index contributed by atoms with van der Waals surface area (Å²) in [6, 6.07) is 8.04. The molecule has 0 saturated carbocycles. The Balaban J connectivity index is 2.00. The first-order valence-electron chi connectivity index (χ1n) is 5.49. The van der Waals surface area contributed by atoms with Crippen LogP contribution in [0.4, 0.5) is 4.39 Å². The maximum Gasteiger partial charge on any atom is 0.170 e. The van der Waals surface area contributed by atoms with E-state index in [1.165, 1.54) is 12.3 Å². The molecule has 2 aromatic rings. The summed E-state index contributed by atoms with van der Waals surface area (Å²) in [6.07, 6.45) is 2.67.